The highest BCUT2D eigenvalue weighted by Gasteiger charge is 2.37. The van der Waals surface area contributed by atoms with Gasteiger partial charge in [-0.05, 0) is 69.4 Å². The fourth-order valence-corrected chi connectivity index (χ4v) is 6.05. The van der Waals surface area contributed by atoms with Gasteiger partial charge in [0.15, 0.2) is 29.1 Å². The number of amides is 1. The molecule has 0 bridgehead atoms. The third-order valence-corrected chi connectivity index (χ3v) is 8.81. The Morgan fingerprint density at radius 1 is 1.18 bits per heavy atom. The molecule has 6 rings (SSSR count). The maximum atomic E-state index is 11.9. The van der Waals surface area contributed by atoms with Gasteiger partial charge in [-0.2, -0.15) is 0 Å². The predicted octanol–water partition coefficient (Wildman–Crippen LogP) is 4.15. The predicted molar refractivity (Wildman–Crippen MR) is 145 cm³/mol. The van der Waals surface area contributed by atoms with Crippen LogP contribution in [0.15, 0.2) is 24.4 Å². The summed E-state index contributed by atoms with van der Waals surface area (Å²) < 4.78 is 2.11. The summed E-state index contributed by atoms with van der Waals surface area (Å²) in [7, 11) is 0. The van der Waals surface area contributed by atoms with Gasteiger partial charge in [0.2, 0.25) is 0 Å². The van der Waals surface area contributed by atoms with E-state index in [1.165, 1.54) is 32.1 Å². The molecule has 4 heterocycles. The molecule has 1 aliphatic heterocycles. The summed E-state index contributed by atoms with van der Waals surface area (Å²) in [6.45, 7) is 6.95. The SMILES string of the molecule is CC1CCC(Cn2c(C(C)(O)c3ccccn3)nc3nc(C4NOC(=O)N4)nc(N[C@H](C)C4CCC4)c32)CC1. The molecule has 11 heteroatoms. The number of hydrogen-bond donors (Lipinski definition) is 4. The zero-order chi connectivity index (χ0) is 27.1. The number of imidazole rings is 1. The number of hydrogen-bond acceptors (Lipinski definition) is 9. The summed E-state index contributed by atoms with van der Waals surface area (Å²) in [5, 5.41) is 18.3. The Morgan fingerprint density at radius 3 is 2.62 bits per heavy atom. The van der Waals surface area contributed by atoms with Crippen LogP contribution in [0, 0.1) is 17.8 Å². The third-order valence-electron chi connectivity index (χ3n) is 8.81. The number of aliphatic hydroxyl groups is 1. The molecule has 2 unspecified atom stereocenters. The third kappa shape index (κ3) is 5.05. The Hall–Kier alpha value is -3.31. The van der Waals surface area contributed by atoms with E-state index in [0.29, 0.717) is 47.2 Å². The minimum absolute atomic E-state index is 0.200. The molecule has 208 valence electrons. The first-order chi connectivity index (χ1) is 18.8. The van der Waals surface area contributed by atoms with Gasteiger partial charge in [-0.25, -0.2) is 19.7 Å². The average Bonchev–Trinajstić information content (AvgIpc) is 3.49. The maximum absolute atomic E-state index is 11.9. The van der Waals surface area contributed by atoms with Crippen molar-refractivity contribution in [3.8, 4) is 0 Å². The second-order valence-corrected chi connectivity index (χ2v) is 11.8. The number of nitrogens with one attached hydrogen (secondary N) is 3. The lowest BCUT2D eigenvalue weighted by molar-refractivity contribution is 0.0820. The van der Waals surface area contributed by atoms with Gasteiger partial charge in [-0.1, -0.05) is 32.3 Å². The molecule has 3 atom stereocenters. The number of carbonyl (C=O) groups is 1. The summed E-state index contributed by atoms with van der Waals surface area (Å²) >= 11 is 0. The first-order valence-corrected chi connectivity index (χ1v) is 14.2. The second kappa shape index (κ2) is 10.3. The van der Waals surface area contributed by atoms with E-state index in [1.54, 1.807) is 13.1 Å². The molecule has 3 fully saturated rings. The smallest absolute Gasteiger partial charge is 0.376 e. The summed E-state index contributed by atoms with van der Waals surface area (Å²) in [5.74, 6) is 3.24. The van der Waals surface area contributed by atoms with Crippen LogP contribution in [-0.2, 0) is 17.0 Å². The Balaban J connectivity index is 1.50. The molecule has 1 amide bonds. The lowest BCUT2D eigenvalue weighted by atomic mass is 9.80. The van der Waals surface area contributed by atoms with Gasteiger partial charge in [0, 0.05) is 18.8 Å². The van der Waals surface area contributed by atoms with Crippen molar-refractivity contribution in [3.63, 3.8) is 0 Å². The molecular weight excluding hydrogens is 496 g/mol. The first kappa shape index (κ1) is 25.9. The fraction of sp³-hybridized carbons (Fsp3) is 0.607. The first-order valence-electron chi connectivity index (χ1n) is 14.2. The number of anilines is 1. The number of hydroxylamine groups is 1. The van der Waals surface area contributed by atoms with Crippen LogP contribution >= 0.6 is 0 Å². The molecule has 2 aliphatic carbocycles. The molecule has 0 radical (unpaired) electrons. The van der Waals surface area contributed by atoms with Crippen LogP contribution in [0.3, 0.4) is 0 Å². The van der Waals surface area contributed by atoms with Crippen LogP contribution in [0.2, 0.25) is 0 Å². The monoisotopic (exact) mass is 534 g/mol. The van der Waals surface area contributed by atoms with E-state index in [2.05, 4.69) is 39.5 Å². The molecule has 3 aromatic rings. The Kier molecular flexibility index (Phi) is 6.88. The zero-order valence-corrected chi connectivity index (χ0v) is 22.9. The zero-order valence-electron chi connectivity index (χ0n) is 22.9. The number of aromatic nitrogens is 5. The van der Waals surface area contributed by atoms with Crippen molar-refractivity contribution in [1.29, 1.82) is 0 Å². The van der Waals surface area contributed by atoms with Gasteiger partial charge in [0.05, 0.1) is 5.69 Å². The van der Waals surface area contributed by atoms with Crippen LogP contribution in [0.5, 0.6) is 0 Å². The molecule has 39 heavy (non-hydrogen) atoms. The van der Waals surface area contributed by atoms with Crippen molar-refractivity contribution in [2.75, 3.05) is 5.32 Å². The van der Waals surface area contributed by atoms with E-state index in [1.807, 2.05) is 18.2 Å². The minimum atomic E-state index is -1.45. The lowest BCUT2D eigenvalue weighted by Gasteiger charge is -2.33. The molecule has 3 aliphatic rings. The molecule has 0 aromatic carbocycles. The van der Waals surface area contributed by atoms with Gasteiger partial charge >= 0.3 is 6.09 Å². The van der Waals surface area contributed by atoms with Crippen molar-refractivity contribution in [1.82, 2.24) is 35.3 Å². The van der Waals surface area contributed by atoms with E-state index in [4.69, 9.17) is 19.8 Å². The number of nitrogens with zero attached hydrogens (tertiary/aromatic N) is 5. The molecule has 2 saturated carbocycles. The number of rotatable bonds is 8. The molecular formula is C28H38N8O3. The summed E-state index contributed by atoms with van der Waals surface area (Å²) in [5.41, 5.74) is 2.94. The average molecular weight is 535 g/mol. The molecule has 3 aromatic heterocycles. The lowest BCUT2D eigenvalue weighted by Crippen LogP contribution is -2.32. The van der Waals surface area contributed by atoms with Crippen molar-refractivity contribution < 1.29 is 14.7 Å². The normalized spacial score (nSPS) is 25.9. The number of pyridine rings is 1. The Morgan fingerprint density at radius 2 is 1.97 bits per heavy atom. The van der Waals surface area contributed by atoms with Crippen molar-refractivity contribution in [3.05, 3.63) is 41.7 Å². The van der Waals surface area contributed by atoms with E-state index in [0.717, 1.165) is 24.3 Å². The van der Waals surface area contributed by atoms with E-state index < -0.39 is 17.9 Å². The van der Waals surface area contributed by atoms with E-state index in [9.17, 15) is 9.90 Å². The van der Waals surface area contributed by atoms with E-state index >= 15 is 0 Å². The van der Waals surface area contributed by atoms with Crippen LogP contribution in [0.4, 0.5) is 10.6 Å². The van der Waals surface area contributed by atoms with Crippen molar-refractivity contribution >= 4 is 23.1 Å². The standard InChI is InChI=1S/C28H38N8O3/c1-16-10-12-18(13-11-16)15-36-21-22(30-17(2)19-7-6-8-19)31-24(25-34-27(37)39-35-25)32-23(21)33-26(36)28(3,38)20-9-4-5-14-29-20/h4-5,9,14,16-19,25,35,38H,6-8,10-13,15H2,1-3H3,(H,34,37)(H,30,31,32)/t16?,17-,18?,25?,28?/m1/s1. The van der Waals surface area contributed by atoms with Gasteiger partial charge in [-0.15, -0.1) is 5.48 Å². The summed E-state index contributed by atoms with van der Waals surface area (Å²) in [4.78, 5) is 35.7. The molecule has 4 N–H and O–H groups in total. The molecule has 1 saturated heterocycles. The second-order valence-electron chi connectivity index (χ2n) is 11.8. The minimum Gasteiger partial charge on any atom is -0.376 e. The van der Waals surface area contributed by atoms with Crippen molar-refractivity contribution in [2.24, 2.45) is 17.8 Å². The van der Waals surface area contributed by atoms with Crippen molar-refractivity contribution in [2.45, 2.75) is 90.1 Å². The fourth-order valence-electron chi connectivity index (χ4n) is 6.05. The Bertz CT molecular complexity index is 1330. The van der Waals surface area contributed by atoms with Gasteiger partial charge in [0.1, 0.15) is 11.3 Å². The topological polar surface area (TPSA) is 139 Å². The van der Waals surface area contributed by atoms with Crippen LogP contribution in [-0.4, -0.2) is 41.7 Å². The molecule has 0 spiro atoms. The Labute approximate surface area is 228 Å². The van der Waals surface area contributed by atoms with E-state index in [-0.39, 0.29) is 6.04 Å². The summed E-state index contributed by atoms with van der Waals surface area (Å²) in [6.07, 6.45) is 8.64. The largest absolute Gasteiger partial charge is 0.427 e. The van der Waals surface area contributed by atoms with Crippen LogP contribution in [0.1, 0.15) is 89.2 Å². The van der Waals surface area contributed by atoms with Gasteiger partial charge < -0.3 is 19.8 Å². The molecule has 11 nitrogen and oxygen atoms in total. The number of fused-ring (bicyclic) bond motifs is 1. The van der Waals surface area contributed by atoms with Gasteiger partial charge in [-0.3, -0.25) is 10.3 Å². The quantitative estimate of drug-likeness (QED) is 0.336. The number of carbonyl (C=O) groups excluding carboxylic acids is 1. The highest BCUT2D eigenvalue weighted by molar-refractivity contribution is 5.84. The van der Waals surface area contributed by atoms with Crippen LogP contribution < -0.4 is 16.1 Å². The van der Waals surface area contributed by atoms with Gasteiger partial charge in [0.25, 0.3) is 0 Å². The summed E-state index contributed by atoms with van der Waals surface area (Å²) in [6, 6.07) is 5.71. The highest BCUT2D eigenvalue weighted by atomic mass is 16.7. The maximum Gasteiger partial charge on any atom is 0.427 e. The highest BCUT2D eigenvalue weighted by Crippen LogP contribution is 2.37. The van der Waals surface area contributed by atoms with Crippen LogP contribution in [0.25, 0.3) is 11.2 Å².